The lowest BCUT2D eigenvalue weighted by Gasteiger charge is -2.32. The number of amides is 1. The van der Waals surface area contributed by atoms with Gasteiger partial charge in [0.1, 0.15) is 5.82 Å². The molecule has 3 nitrogen and oxygen atoms in total. The summed E-state index contributed by atoms with van der Waals surface area (Å²) in [5.74, 6) is -0.302. The van der Waals surface area contributed by atoms with Crippen molar-refractivity contribution in [3.05, 3.63) is 71.5 Å². The molecule has 0 atom stereocenters. The van der Waals surface area contributed by atoms with Crippen molar-refractivity contribution >= 4 is 5.91 Å². The number of likely N-dealkylation sites (tertiary alicyclic amines) is 1. The van der Waals surface area contributed by atoms with E-state index in [0.717, 1.165) is 38.9 Å². The van der Waals surface area contributed by atoms with Crippen LogP contribution in [0.25, 0.3) is 0 Å². The molecule has 1 heterocycles. The Hall–Kier alpha value is -2.20. The van der Waals surface area contributed by atoms with Crippen LogP contribution in [0.4, 0.5) is 4.39 Å². The first-order chi connectivity index (χ1) is 12.2. The summed E-state index contributed by atoms with van der Waals surface area (Å²) in [6.45, 7) is 3.83. The highest BCUT2D eigenvalue weighted by atomic mass is 19.1. The molecule has 1 fully saturated rings. The second-order valence-corrected chi connectivity index (χ2v) is 6.71. The van der Waals surface area contributed by atoms with Crippen LogP contribution < -0.4 is 5.32 Å². The van der Waals surface area contributed by atoms with Crippen molar-refractivity contribution in [1.82, 2.24) is 10.2 Å². The van der Waals surface area contributed by atoms with Crippen molar-refractivity contribution in [3.63, 3.8) is 0 Å². The van der Waals surface area contributed by atoms with Gasteiger partial charge in [0.05, 0.1) is 5.56 Å². The summed E-state index contributed by atoms with van der Waals surface area (Å²) in [6, 6.07) is 16.7. The fourth-order valence-electron chi connectivity index (χ4n) is 3.32. The number of nitrogens with one attached hydrogen (secondary N) is 1. The van der Waals surface area contributed by atoms with Gasteiger partial charge in [-0.15, -0.1) is 0 Å². The lowest BCUT2D eigenvalue weighted by molar-refractivity contribution is 0.0932. The fraction of sp³-hybridized carbons (Fsp3) is 0.381. The Bertz CT molecular complexity index is 681. The van der Waals surface area contributed by atoms with Gasteiger partial charge in [-0.25, -0.2) is 4.39 Å². The molecule has 1 amide bonds. The van der Waals surface area contributed by atoms with Gasteiger partial charge in [-0.2, -0.15) is 0 Å². The molecule has 1 aliphatic rings. The van der Waals surface area contributed by atoms with E-state index in [1.165, 1.54) is 17.7 Å². The van der Waals surface area contributed by atoms with Crippen molar-refractivity contribution in [3.8, 4) is 0 Å². The third-order valence-corrected chi connectivity index (χ3v) is 4.94. The van der Waals surface area contributed by atoms with Crippen LogP contribution in [0.15, 0.2) is 54.6 Å². The predicted octanol–water partition coefficient (Wildman–Crippen LogP) is 3.51. The smallest absolute Gasteiger partial charge is 0.254 e. The molecule has 3 rings (SSSR count). The van der Waals surface area contributed by atoms with Gasteiger partial charge in [-0.1, -0.05) is 42.5 Å². The Balaban J connectivity index is 1.38. The van der Waals surface area contributed by atoms with E-state index in [-0.39, 0.29) is 11.5 Å². The van der Waals surface area contributed by atoms with Crippen LogP contribution in [0.2, 0.25) is 0 Å². The molecule has 0 saturated carbocycles. The third-order valence-electron chi connectivity index (χ3n) is 4.94. The summed E-state index contributed by atoms with van der Waals surface area (Å²) >= 11 is 0. The SMILES string of the molecule is O=C(NCC1CCN(CCc2ccccc2)CC1)c1ccccc1F. The Labute approximate surface area is 148 Å². The molecule has 132 valence electrons. The molecule has 1 N–H and O–H groups in total. The number of carbonyl (C=O) groups is 1. The minimum absolute atomic E-state index is 0.128. The minimum Gasteiger partial charge on any atom is -0.352 e. The summed E-state index contributed by atoms with van der Waals surface area (Å²) < 4.78 is 13.6. The highest BCUT2D eigenvalue weighted by molar-refractivity contribution is 5.94. The van der Waals surface area contributed by atoms with Gasteiger partial charge in [-0.3, -0.25) is 4.79 Å². The Morgan fingerprint density at radius 3 is 2.44 bits per heavy atom. The minimum atomic E-state index is -0.462. The fourth-order valence-corrected chi connectivity index (χ4v) is 3.32. The van der Waals surface area contributed by atoms with Crippen LogP contribution >= 0.6 is 0 Å². The Morgan fingerprint density at radius 1 is 1.04 bits per heavy atom. The Kier molecular flexibility index (Phi) is 6.18. The predicted molar refractivity (Wildman–Crippen MR) is 98.0 cm³/mol. The van der Waals surface area contributed by atoms with Crippen molar-refractivity contribution < 1.29 is 9.18 Å². The number of rotatable bonds is 6. The van der Waals surface area contributed by atoms with Crippen LogP contribution in [0.5, 0.6) is 0 Å². The van der Waals surface area contributed by atoms with E-state index in [2.05, 4.69) is 34.5 Å². The summed E-state index contributed by atoms with van der Waals surface area (Å²) in [4.78, 5) is 14.6. The van der Waals surface area contributed by atoms with Crippen molar-refractivity contribution in [2.24, 2.45) is 5.92 Å². The maximum atomic E-state index is 13.6. The molecule has 1 saturated heterocycles. The molecule has 0 radical (unpaired) electrons. The number of piperidine rings is 1. The zero-order chi connectivity index (χ0) is 17.5. The summed E-state index contributed by atoms with van der Waals surface area (Å²) in [7, 11) is 0. The highest BCUT2D eigenvalue weighted by Gasteiger charge is 2.20. The molecule has 4 heteroatoms. The molecule has 0 unspecified atom stereocenters. The van der Waals surface area contributed by atoms with Crippen LogP contribution in [0.1, 0.15) is 28.8 Å². The number of halogens is 1. The molecule has 1 aliphatic heterocycles. The first-order valence-corrected chi connectivity index (χ1v) is 9.01. The van der Waals surface area contributed by atoms with Crippen LogP contribution in [0, 0.1) is 11.7 Å². The van der Waals surface area contributed by atoms with Crippen LogP contribution in [-0.2, 0) is 6.42 Å². The van der Waals surface area contributed by atoms with Crippen LogP contribution in [0.3, 0.4) is 0 Å². The van der Waals surface area contributed by atoms with E-state index < -0.39 is 5.82 Å². The molecule has 0 spiro atoms. The zero-order valence-corrected chi connectivity index (χ0v) is 14.5. The number of hydrogen-bond donors (Lipinski definition) is 1. The van der Waals surface area contributed by atoms with Gasteiger partial charge in [-0.05, 0) is 56.0 Å². The van der Waals surface area contributed by atoms with Gasteiger partial charge in [0.15, 0.2) is 0 Å². The van der Waals surface area contributed by atoms with E-state index in [1.54, 1.807) is 12.1 Å². The molecule has 0 bridgehead atoms. The Morgan fingerprint density at radius 2 is 1.72 bits per heavy atom. The molecule has 0 aromatic heterocycles. The second-order valence-electron chi connectivity index (χ2n) is 6.71. The van der Waals surface area contributed by atoms with E-state index in [9.17, 15) is 9.18 Å². The molecule has 2 aromatic rings. The standard InChI is InChI=1S/C21H25FN2O/c22-20-9-5-4-8-19(20)21(25)23-16-18-11-14-24(15-12-18)13-10-17-6-2-1-3-7-17/h1-9,18H,10-16H2,(H,23,25). The molecular weight excluding hydrogens is 315 g/mol. The van der Waals surface area contributed by atoms with Crippen molar-refractivity contribution in [2.45, 2.75) is 19.3 Å². The van der Waals surface area contributed by atoms with Crippen molar-refractivity contribution in [1.29, 1.82) is 0 Å². The highest BCUT2D eigenvalue weighted by Crippen LogP contribution is 2.17. The first kappa shape index (κ1) is 17.6. The molecule has 2 aromatic carbocycles. The average molecular weight is 340 g/mol. The normalized spacial score (nSPS) is 15.9. The maximum Gasteiger partial charge on any atom is 0.254 e. The number of hydrogen-bond acceptors (Lipinski definition) is 2. The first-order valence-electron chi connectivity index (χ1n) is 9.01. The van der Waals surface area contributed by atoms with Crippen LogP contribution in [-0.4, -0.2) is 37.0 Å². The number of nitrogens with zero attached hydrogens (tertiary/aromatic N) is 1. The monoisotopic (exact) mass is 340 g/mol. The number of benzene rings is 2. The second kappa shape index (κ2) is 8.77. The summed E-state index contributed by atoms with van der Waals surface area (Å²) in [5.41, 5.74) is 1.50. The maximum absolute atomic E-state index is 13.6. The van der Waals surface area contributed by atoms with Gasteiger partial charge in [0.25, 0.3) is 5.91 Å². The van der Waals surface area contributed by atoms with E-state index in [1.807, 2.05) is 6.07 Å². The van der Waals surface area contributed by atoms with Gasteiger partial charge in [0.2, 0.25) is 0 Å². The number of carbonyl (C=O) groups excluding carboxylic acids is 1. The van der Waals surface area contributed by atoms with Gasteiger partial charge in [0, 0.05) is 13.1 Å². The van der Waals surface area contributed by atoms with Gasteiger partial charge < -0.3 is 10.2 Å². The largest absolute Gasteiger partial charge is 0.352 e. The lowest BCUT2D eigenvalue weighted by atomic mass is 9.96. The quantitative estimate of drug-likeness (QED) is 0.873. The molecule has 0 aliphatic carbocycles. The molecule has 25 heavy (non-hydrogen) atoms. The lowest BCUT2D eigenvalue weighted by Crippen LogP contribution is -2.39. The topological polar surface area (TPSA) is 32.3 Å². The van der Waals surface area contributed by atoms with E-state index >= 15 is 0 Å². The van der Waals surface area contributed by atoms with Gasteiger partial charge >= 0.3 is 0 Å². The molecular formula is C21H25FN2O. The average Bonchev–Trinajstić information content (AvgIpc) is 2.66. The van der Waals surface area contributed by atoms with E-state index in [0.29, 0.717) is 12.5 Å². The summed E-state index contributed by atoms with van der Waals surface area (Å²) in [6.07, 6.45) is 3.23. The third kappa shape index (κ3) is 5.13. The summed E-state index contributed by atoms with van der Waals surface area (Å²) in [5, 5.41) is 2.88. The van der Waals surface area contributed by atoms with E-state index in [4.69, 9.17) is 0 Å². The van der Waals surface area contributed by atoms with Crippen molar-refractivity contribution in [2.75, 3.05) is 26.2 Å². The zero-order valence-electron chi connectivity index (χ0n) is 14.5.